The number of benzene rings is 15. The lowest BCUT2D eigenvalue weighted by atomic mass is 10.1. The second-order valence-electron chi connectivity index (χ2n) is 25.7. The summed E-state index contributed by atoms with van der Waals surface area (Å²) in [6.45, 7) is 0. The van der Waals surface area contributed by atoms with E-state index in [-0.39, 0.29) is 0 Å². The summed E-state index contributed by atoms with van der Waals surface area (Å²) in [5, 5.41) is 14.2. The van der Waals surface area contributed by atoms with Crippen LogP contribution in [0.25, 0.3) is 82.5 Å². The number of hydrogen-bond acceptors (Lipinski definition) is 4. The van der Waals surface area contributed by atoms with E-state index in [0.717, 1.165) is 114 Å². The third-order valence-electron chi connectivity index (χ3n) is 20.1. The third kappa shape index (κ3) is 9.94. The van der Waals surface area contributed by atoms with Crippen LogP contribution in [0.5, 0.6) is 0 Å². The van der Waals surface area contributed by atoms with Gasteiger partial charge in [0.05, 0.1) is 50.2 Å². The minimum Gasteiger partial charge on any atom is -0.309 e. The maximum Gasteiger partial charge on any atom is 0.171 e. The van der Waals surface area contributed by atoms with Crippen LogP contribution >= 0.6 is 28.6 Å². The fourth-order valence-electron chi connectivity index (χ4n) is 15.4. The Morgan fingerprint density at radius 3 is 0.525 bits per heavy atom. The molecule has 0 aliphatic rings. The Bertz CT molecular complexity index is 5880. The fourth-order valence-corrected chi connectivity index (χ4v) is 26.1. The molecule has 0 spiro atoms. The first-order valence-electron chi connectivity index (χ1n) is 33.8. The Kier molecular flexibility index (Phi) is 15.2. The average molecular weight is 1370 g/mol. The van der Waals surface area contributed by atoms with Crippen molar-refractivity contribution in [2.24, 2.45) is 0 Å². The van der Waals surface area contributed by atoms with E-state index in [9.17, 15) is 0 Å². The molecule has 18 aromatic rings. The SMILES string of the molecule is O=P(c1ccccc1)(c1ccccc1)c1ccc2c(c1)c1ccccc1n2-c1cc(-n2c3ccccc3c3cc(P(=O)(c4ccccc4)c4ccccc4)ccc32)cc(-n2c3ccc(P(=O)(c4ccccc4)c4ccccc4)cc3c3cc(P(=O)(c4ccccc4)c4ccccc4)ccc32)c1. The second-order valence-corrected chi connectivity index (χ2v) is 36.7. The molecule has 0 N–H and O–H groups in total. The van der Waals surface area contributed by atoms with Crippen molar-refractivity contribution >= 4 is 158 Å². The number of para-hydroxylation sites is 2. The van der Waals surface area contributed by atoms with Crippen molar-refractivity contribution in [3.63, 3.8) is 0 Å². The molecule has 3 heterocycles. The minimum atomic E-state index is -3.54. The summed E-state index contributed by atoms with van der Waals surface area (Å²) >= 11 is 0. The summed E-state index contributed by atoms with van der Waals surface area (Å²) in [6.07, 6.45) is 0. The molecular formula is C90H63N3O4P4. The number of nitrogens with zero attached hydrogens (tertiary/aromatic N) is 3. The van der Waals surface area contributed by atoms with Crippen molar-refractivity contribution in [2.45, 2.75) is 0 Å². The molecular weight excluding hydrogens is 1310 g/mol. The maximum absolute atomic E-state index is 16.6. The van der Waals surface area contributed by atoms with Gasteiger partial charge >= 0.3 is 0 Å². The predicted molar refractivity (Wildman–Crippen MR) is 427 cm³/mol. The molecule has 0 aliphatic heterocycles. The van der Waals surface area contributed by atoms with Crippen molar-refractivity contribution in [2.75, 3.05) is 0 Å². The van der Waals surface area contributed by atoms with Gasteiger partial charge in [0.2, 0.25) is 0 Å². The van der Waals surface area contributed by atoms with Gasteiger partial charge in [-0.15, -0.1) is 0 Å². The van der Waals surface area contributed by atoms with E-state index in [1.807, 2.05) is 267 Å². The Balaban J connectivity index is 0.939. The lowest BCUT2D eigenvalue weighted by molar-refractivity contribution is 0.591. The van der Waals surface area contributed by atoms with Gasteiger partial charge in [0, 0.05) is 96.0 Å². The molecule has 0 radical (unpaired) electrons. The van der Waals surface area contributed by atoms with Crippen molar-refractivity contribution in [3.05, 3.63) is 382 Å². The molecule has 482 valence electrons. The van der Waals surface area contributed by atoms with E-state index in [2.05, 4.69) is 129 Å². The zero-order valence-electron chi connectivity index (χ0n) is 54.6. The van der Waals surface area contributed by atoms with Gasteiger partial charge in [-0.2, -0.15) is 0 Å². The minimum absolute atomic E-state index is 0.665. The normalized spacial score (nSPS) is 12.3. The van der Waals surface area contributed by atoms with E-state index in [4.69, 9.17) is 0 Å². The van der Waals surface area contributed by atoms with E-state index in [0.29, 0.717) is 31.8 Å². The van der Waals surface area contributed by atoms with E-state index in [1.54, 1.807) is 0 Å². The van der Waals surface area contributed by atoms with Crippen molar-refractivity contribution in [1.82, 2.24) is 13.7 Å². The molecule has 0 bridgehead atoms. The molecule has 0 atom stereocenters. The summed E-state index contributed by atoms with van der Waals surface area (Å²) in [4.78, 5) is 0. The largest absolute Gasteiger partial charge is 0.309 e. The molecule has 18 rings (SSSR count). The standard InChI is InChI=1S/C90H63N3O4P4/c94-98(67-29-9-1-10-30-67,68-31-11-2-12-32-68)75-49-53-87-81(60-75)79-45-25-27-47-85(79)91(87)64-57-65(92-86-48-28-26-46-80(86)82-61-76(50-54-88(82)92)99(95,69-33-13-3-14-34-69)70-35-15-4-16-36-70)59-66(58-64)93-89-55-51-77(100(96,71-37-17-5-18-38-71)72-39-19-6-20-40-72)62-83(89)84-63-78(52-56-90(84)93)101(97,73-41-21-7-22-42-73)74-43-23-8-24-44-74/h1-63H. The molecule has 15 aromatic carbocycles. The molecule has 0 fully saturated rings. The zero-order chi connectivity index (χ0) is 67.9. The Hall–Kier alpha value is -11.4. The highest BCUT2D eigenvalue weighted by Crippen LogP contribution is 2.50. The van der Waals surface area contributed by atoms with Crippen LogP contribution in [-0.4, -0.2) is 13.7 Å². The molecule has 0 saturated heterocycles. The van der Waals surface area contributed by atoms with Crippen LogP contribution in [0.4, 0.5) is 0 Å². The fraction of sp³-hybridized carbons (Fsp3) is 0. The number of fused-ring (bicyclic) bond motifs is 9. The highest BCUT2D eigenvalue weighted by atomic mass is 31.2. The predicted octanol–water partition coefficient (Wildman–Crippen LogP) is 17.5. The van der Waals surface area contributed by atoms with Crippen LogP contribution in [0.3, 0.4) is 0 Å². The highest BCUT2D eigenvalue weighted by molar-refractivity contribution is 7.86. The summed E-state index contributed by atoms with van der Waals surface area (Å²) in [7, 11) is -13.9. The zero-order valence-corrected chi connectivity index (χ0v) is 58.2. The van der Waals surface area contributed by atoms with Gasteiger partial charge in [0.1, 0.15) is 0 Å². The Labute approximate surface area is 585 Å². The van der Waals surface area contributed by atoms with Crippen molar-refractivity contribution < 1.29 is 18.3 Å². The lowest BCUT2D eigenvalue weighted by Crippen LogP contribution is -2.25. The van der Waals surface area contributed by atoms with Crippen LogP contribution in [0.2, 0.25) is 0 Å². The maximum atomic E-state index is 16.6. The smallest absolute Gasteiger partial charge is 0.171 e. The van der Waals surface area contributed by atoms with Crippen LogP contribution in [0.1, 0.15) is 0 Å². The number of rotatable bonds is 15. The summed E-state index contributed by atoms with van der Waals surface area (Å²) in [5.74, 6) is 0. The molecule has 101 heavy (non-hydrogen) atoms. The number of hydrogen-bond donors (Lipinski definition) is 0. The molecule has 7 nitrogen and oxygen atoms in total. The summed E-state index contributed by atoms with van der Waals surface area (Å²) < 4.78 is 72.7. The van der Waals surface area contributed by atoms with Gasteiger partial charge in [-0.05, 0) is 103 Å². The van der Waals surface area contributed by atoms with Gasteiger partial charge in [-0.3, -0.25) is 0 Å². The monoisotopic (exact) mass is 1370 g/mol. The van der Waals surface area contributed by atoms with Crippen LogP contribution in [0, 0.1) is 0 Å². The van der Waals surface area contributed by atoms with Crippen LogP contribution in [0.15, 0.2) is 382 Å². The Morgan fingerprint density at radius 1 is 0.149 bits per heavy atom. The Morgan fingerprint density at radius 2 is 0.317 bits per heavy atom. The third-order valence-corrected chi connectivity index (χ3v) is 32.3. The summed E-state index contributed by atoms with van der Waals surface area (Å²) in [6, 6.07) is 127. The first-order valence-corrected chi connectivity index (χ1v) is 40.6. The van der Waals surface area contributed by atoms with E-state index >= 15 is 18.3 Å². The van der Waals surface area contributed by atoms with E-state index in [1.165, 1.54) is 0 Å². The van der Waals surface area contributed by atoms with E-state index < -0.39 is 28.6 Å². The second kappa shape index (κ2) is 24.8. The molecule has 0 unspecified atom stereocenters. The van der Waals surface area contributed by atoms with Gasteiger partial charge in [-0.1, -0.05) is 279 Å². The van der Waals surface area contributed by atoms with Crippen LogP contribution < -0.4 is 63.7 Å². The van der Waals surface area contributed by atoms with Gasteiger partial charge in [0.25, 0.3) is 0 Å². The topological polar surface area (TPSA) is 83.1 Å². The quantitative estimate of drug-likeness (QED) is 0.0958. The van der Waals surface area contributed by atoms with Gasteiger partial charge in [0.15, 0.2) is 28.6 Å². The van der Waals surface area contributed by atoms with Crippen LogP contribution in [-0.2, 0) is 18.3 Å². The first kappa shape index (κ1) is 61.9. The molecule has 0 saturated carbocycles. The molecule has 11 heteroatoms. The first-order chi connectivity index (χ1) is 49.6. The molecule has 3 aromatic heterocycles. The van der Waals surface area contributed by atoms with Gasteiger partial charge < -0.3 is 32.0 Å². The average Bonchev–Trinajstić information content (AvgIpc) is 1.59. The molecule has 0 aliphatic carbocycles. The summed E-state index contributed by atoms with van der Waals surface area (Å²) in [5.41, 5.74) is 7.96. The molecule has 0 amide bonds. The van der Waals surface area contributed by atoms with Gasteiger partial charge in [-0.25, -0.2) is 0 Å². The number of aromatic nitrogens is 3. The highest BCUT2D eigenvalue weighted by Gasteiger charge is 2.36. The van der Waals surface area contributed by atoms with Crippen molar-refractivity contribution in [1.29, 1.82) is 0 Å². The van der Waals surface area contributed by atoms with Crippen molar-refractivity contribution in [3.8, 4) is 17.1 Å². The lowest BCUT2D eigenvalue weighted by Gasteiger charge is -2.21.